The van der Waals surface area contributed by atoms with E-state index >= 15 is 0 Å². The van der Waals surface area contributed by atoms with Crippen LogP contribution in [0.5, 0.6) is 0 Å². The molecule has 3 rings (SSSR count). The Kier molecular flexibility index (Phi) is 3.98. The van der Waals surface area contributed by atoms with Crippen molar-refractivity contribution < 1.29 is 9.53 Å². The van der Waals surface area contributed by atoms with Gasteiger partial charge in [-0.05, 0) is 58.1 Å². The second kappa shape index (κ2) is 5.78. The highest BCUT2D eigenvalue weighted by atomic mass is 16.6. The van der Waals surface area contributed by atoms with Crippen molar-refractivity contribution in [2.24, 2.45) is 0 Å². The van der Waals surface area contributed by atoms with E-state index in [-0.39, 0.29) is 12.1 Å². The van der Waals surface area contributed by atoms with Gasteiger partial charge < -0.3 is 15.0 Å². The van der Waals surface area contributed by atoms with Gasteiger partial charge in [-0.3, -0.25) is 0 Å². The highest BCUT2D eigenvalue weighted by Crippen LogP contribution is 2.33. The molecule has 5 heteroatoms. The zero-order chi connectivity index (χ0) is 15.7. The first-order valence-corrected chi connectivity index (χ1v) is 8.14. The van der Waals surface area contributed by atoms with E-state index in [0.717, 1.165) is 30.8 Å². The molecule has 1 unspecified atom stereocenters. The molecule has 1 saturated heterocycles. The lowest BCUT2D eigenvalue weighted by molar-refractivity contribution is 0.0224. The number of carbonyl (C=O) groups is 1. The molecule has 1 aliphatic carbocycles. The summed E-state index contributed by atoms with van der Waals surface area (Å²) in [5.41, 5.74) is 0.630. The third-order valence-electron chi connectivity index (χ3n) is 3.98. The number of rotatable bonds is 3. The Hall–Kier alpha value is -1.78. The molecule has 1 aliphatic heterocycles. The molecule has 0 aromatic carbocycles. The van der Waals surface area contributed by atoms with Crippen molar-refractivity contribution in [1.29, 1.82) is 0 Å². The van der Waals surface area contributed by atoms with Gasteiger partial charge in [0.15, 0.2) is 0 Å². The minimum atomic E-state index is -0.458. The minimum absolute atomic E-state index is 0.0809. The number of ether oxygens (including phenoxy) is 1. The van der Waals surface area contributed by atoms with Gasteiger partial charge in [0.2, 0.25) is 0 Å². The Labute approximate surface area is 132 Å². The summed E-state index contributed by atoms with van der Waals surface area (Å²) in [7, 11) is 0. The number of nitrogens with zero attached hydrogens (tertiary/aromatic N) is 2. The molecule has 1 aromatic heterocycles. The number of carbonyl (C=O) groups excluding carboxylic acids is 1. The number of hydrogen-bond acceptors (Lipinski definition) is 4. The Morgan fingerprint density at radius 1 is 1.32 bits per heavy atom. The fourth-order valence-electron chi connectivity index (χ4n) is 2.78. The van der Waals surface area contributed by atoms with Gasteiger partial charge in [-0.1, -0.05) is 6.07 Å². The Bertz CT molecular complexity index is 532. The maximum absolute atomic E-state index is 12.3. The van der Waals surface area contributed by atoms with Crippen LogP contribution in [0.25, 0.3) is 0 Å². The largest absolute Gasteiger partial charge is 0.444 e. The van der Waals surface area contributed by atoms with Crippen molar-refractivity contribution in [2.75, 3.05) is 11.9 Å². The average molecular weight is 303 g/mol. The first-order chi connectivity index (χ1) is 10.4. The second-order valence-corrected chi connectivity index (χ2v) is 7.23. The van der Waals surface area contributed by atoms with E-state index in [9.17, 15) is 4.79 Å². The van der Waals surface area contributed by atoms with Crippen LogP contribution in [0.3, 0.4) is 0 Å². The lowest BCUT2D eigenvalue weighted by Gasteiger charge is -2.28. The molecule has 1 aromatic rings. The van der Waals surface area contributed by atoms with E-state index in [4.69, 9.17) is 4.74 Å². The van der Waals surface area contributed by atoms with Gasteiger partial charge in [0, 0.05) is 18.8 Å². The number of pyridine rings is 1. The standard InChI is InChI=1S/C17H25N3O2/c1-17(2,3)22-16(21)20-10-4-5-14(20)12-6-9-15(18-11-12)19-13-7-8-13/h6,9,11,13-14H,4-5,7-8,10H2,1-3H3,(H,18,19). The molecular formula is C17H25N3O2. The van der Waals surface area contributed by atoms with E-state index in [1.807, 2.05) is 37.9 Å². The van der Waals surface area contributed by atoms with Crippen LogP contribution in [0, 0.1) is 0 Å². The summed E-state index contributed by atoms with van der Waals surface area (Å²) in [4.78, 5) is 18.6. The fourth-order valence-corrected chi connectivity index (χ4v) is 2.78. The Balaban J connectivity index is 1.67. The summed E-state index contributed by atoms with van der Waals surface area (Å²) >= 11 is 0. The van der Waals surface area contributed by atoms with E-state index in [1.54, 1.807) is 0 Å². The number of amides is 1. The average Bonchev–Trinajstić information content (AvgIpc) is 3.11. The monoisotopic (exact) mass is 303 g/mol. The number of aromatic nitrogens is 1. The van der Waals surface area contributed by atoms with Crippen LogP contribution in [0.15, 0.2) is 18.3 Å². The number of anilines is 1. The van der Waals surface area contributed by atoms with Crippen LogP contribution in [0.1, 0.15) is 58.1 Å². The molecule has 1 saturated carbocycles. The zero-order valence-electron chi connectivity index (χ0n) is 13.6. The van der Waals surface area contributed by atoms with E-state index in [0.29, 0.717) is 6.04 Å². The molecule has 1 N–H and O–H groups in total. The van der Waals surface area contributed by atoms with Gasteiger partial charge in [-0.2, -0.15) is 0 Å². The first-order valence-electron chi connectivity index (χ1n) is 8.14. The maximum atomic E-state index is 12.3. The summed E-state index contributed by atoms with van der Waals surface area (Å²) in [6.45, 7) is 6.45. The van der Waals surface area contributed by atoms with Crippen LogP contribution >= 0.6 is 0 Å². The molecule has 120 valence electrons. The molecule has 22 heavy (non-hydrogen) atoms. The minimum Gasteiger partial charge on any atom is -0.444 e. The predicted molar refractivity (Wildman–Crippen MR) is 85.8 cm³/mol. The molecule has 1 amide bonds. The van der Waals surface area contributed by atoms with E-state index < -0.39 is 5.60 Å². The molecule has 0 spiro atoms. The highest BCUT2D eigenvalue weighted by molar-refractivity contribution is 5.69. The van der Waals surface area contributed by atoms with E-state index in [1.165, 1.54) is 12.8 Å². The van der Waals surface area contributed by atoms with Crippen molar-refractivity contribution in [2.45, 2.75) is 64.1 Å². The summed E-state index contributed by atoms with van der Waals surface area (Å²) in [5.74, 6) is 0.924. The summed E-state index contributed by atoms with van der Waals surface area (Å²) in [6, 6.07) is 4.77. The SMILES string of the molecule is CC(C)(C)OC(=O)N1CCCC1c1ccc(NC2CC2)nc1. The lowest BCUT2D eigenvalue weighted by atomic mass is 10.1. The predicted octanol–water partition coefficient (Wildman–Crippen LogP) is 3.73. The number of hydrogen-bond donors (Lipinski definition) is 1. The van der Waals surface area contributed by atoms with Gasteiger partial charge >= 0.3 is 6.09 Å². The molecule has 2 aliphatic rings. The third-order valence-corrected chi connectivity index (χ3v) is 3.98. The maximum Gasteiger partial charge on any atom is 0.410 e. The third kappa shape index (κ3) is 3.70. The van der Waals surface area contributed by atoms with Crippen molar-refractivity contribution in [1.82, 2.24) is 9.88 Å². The highest BCUT2D eigenvalue weighted by Gasteiger charge is 2.33. The zero-order valence-corrected chi connectivity index (χ0v) is 13.6. The quantitative estimate of drug-likeness (QED) is 0.924. The normalized spacial score (nSPS) is 21.8. The molecule has 5 nitrogen and oxygen atoms in total. The number of likely N-dealkylation sites (tertiary alicyclic amines) is 1. The Morgan fingerprint density at radius 2 is 2.09 bits per heavy atom. The molecular weight excluding hydrogens is 278 g/mol. The van der Waals surface area contributed by atoms with Crippen LogP contribution in [0.2, 0.25) is 0 Å². The van der Waals surface area contributed by atoms with Crippen molar-refractivity contribution in [3.63, 3.8) is 0 Å². The fraction of sp³-hybridized carbons (Fsp3) is 0.647. The smallest absolute Gasteiger partial charge is 0.410 e. The van der Waals surface area contributed by atoms with Gasteiger partial charge in [-0.15, -0.1) is 0 Å². The van der Waals surface area contributed by atoms with Crippen LogP contribution in [0.4, 0.5) is 10.6 Å². The van der Waals surface area contributed by atoms with Gasteiger partial charge in [0.25, 0.3) is 0 Å². The molecule has 0 bridgehead atoms. The van der Waals surface area contributed by atoms with Crippen molar-refractivity contribution in [3.8, 4) is 0 Å². The topological polar surface area (TPSA) is 54.5 Å². The summed E-state index contributed by atoms with van der Waals surface area (Å²) in [5, 5.41) is 3.38. The van der Waals surface area contributed by atoms with Crippen LogP contribution in [-0.4, -0.2) is 34.2 Å². The molecule has 1 atom stereocenters. The van der Waals surface area contributed by atoms with Gasteiger partial charge in [0.1, 0.15) is 11.4 Å². The number of nitrogens with one attached hydrogen (secondary N) is 1. The summed E-state index contributed by atoms with van der Waals surface area (Å²) in [6.07, 6.45) is 6.10. The second-order valence-electron chi connectivity index (χ2n) is 7.23. The summed E-state index contributed by atoms with van der Waals surface area (Å²) < 4.78 is 5.51. The van der Waals surface area contributed by atoms with Crippen molar-refractivity contribution in [3.05, 3.63) is 23.9 Å². The first kappa shape index (κ1) is 15.1. The van der Waals surface area contributed by atoms with Crippen LogP contribution < -0.4 is 5.32 Å². The van der Waals surface area contributed by atoms with Crippen LogP contribution in [-0.2, 0) is 4.74 Å². The molecule has 2 heterocycles. The van der Waals surface area contributed by atoms with Crippen molar-refractivity contribution >= 4 is 11.9 Å². The Morgan fingerprint density at radius 3 is 2.68 bits per heavy atom. The molecule has 2 fully saturated rings. The van der Waals surface area contributed by atoms with Gasteiger partial charge in [-0.25, -0.2) is 9.78 Å². The molecule has 0 radical (unpaired) electrons. The van der Waals surface area contributed by atoms with E-state index in [2.05, 4.69) is 16.4 Å². The van der Waals surface area contributed by atoms with Gasteiger partial charge in [0.05, 0.1) is 6.04 Å². The lowest BCUT2D eigenvalue weighted by Crippen LogP contribution is -2.36.